The highest BCUT2D eigenvalue weighted by atomic mass is 35.5. The molecule has 2 aromatic rings. The summed E-state index contributed by atoms with van der Waals surface area (Å²) in [7, 11) is 0. The Hall–Kier alpha value is -1.74. The Morgan fingerprint density at radius 3 is 2.65 bits per heavy atom. The molecule has 0 aliphatic heterocycles. The molecule has 0 N–H and O–H groups in total. The van der Waals surface area contributed by atoms with Crippen molar-refractivity contribution in [2.45, 2.75) is 13.1 Å². The first-order chi connectivity index (χ1) is 7.84. The third-order valence-corrected chi connectivity index (χ3v) is 2.56. The van der Waals surface area contributed by atoms with Crippen molar-refractivity contribution < 1.29 is 13.2 Å². The lowest BCUT2D eigenvalue weighted by molar-refractivity contribution is -0.137. The van der Waals surface area contributed by atoms with E-state index in [1.807, 2.05) is 0 Å². The van der Waals surface area contributed by atoms with Gasteiger partial charge in [-0.2, -0.15) is 18.4 Å². The molecular weight excluding hydrogens is 255 g/mol. The highest BCUT2D eigenvalue weighted by Gasteiger charge is 2.32. The van der Waals surface area contributed by atoms with Crippen LogP contribution >= 0.6 is 11.6 Å². The van der Waals surface area contributed by atoms with Crippen molar-refractivity contribution in [3.63, 3.8) is 0 Å². The Morgan fingerprint density at radius 1 is 1.47 bits per heavy atom. The second kappa shape index (κ2) is 3.64. The quantitative estimate of drug-likeness (QED) is 0.729. The van der Waals surface area contributed by atoms with E-state index in [9.17, 15) is 13.2 Å². The molecule has 0 atom stereocenters. The lowest BCUT2D eigenvalue weighted by atomic mass is 10.2. The predicted molar refractivity (Wildman–Crippen MR) is 54.7 cm³/mol. The van der Waals surface area contributed by atoms with Crippen LogP contribution in [-0.4, -0.2) is 9.38 Å². The number of alkyl halides is 3. The molecule has 0 saturated heterocycles. The number of hydrogen-bond acceptors (Lipinski definition) is 2. The van der Waals surface area contributed by atoms with Crippen molar-refractivity contribution in [1.29, 1.82) is 5.26 Å². The molecule has 2 aromatic heterocycles. The fourth-order valence-corrected chi connectivity index (χ4v) is 1.76. The van der Waals surface area contributed by atoms with Gasteiger partial charge in [-0.1, -0.05) is 11.6 Å². The standard InChI is InChI=1S/C10H5ClF3N3/c1-5-8(3-15)17-4-6(10(12,13)14)2-7(11)9(17)16-5/h2,4H,1H3. The molecule has 0 fully saturated rings. The molecule has 2 heterocycles. The van der Waals surface area contributed by atoms with Crippen LogP contribution in [0.2, 0.25) is 5.02 Å². The van der Waals surface area contributed by atoms with Crippen LogP contribution in [0.5, 0.6) is 0 Å². The van der Waals surface area contributed by atoms with Crippen molar-refractivity contribution in [3.05, 3.63) is 34.2 Å². The summed E-state index contributed by atoms with van der Waals surface area (Å²) in [5.41, 5.74) is -0.376. The molecule has 17 heavy (non-hydrogen) atoms. The fourth-order valence-electron chi connectivity index (χ4n) is 1.51. The molecule has 0 aliphatic rings. The Bertz CT molecular complexity index is 637. The summed E-state index contributed by atoms with van der Waals surface area (Å²) >= 11 is 5.72. The van der Waals surface area contributed by atoms with Gasteiger partial charge in [0.1, 0.15) is 11.8 Å². The smallest absolute Gasteiger partial charge is 0.289 e. The largest absolute Gasteiger partial charge is 0.417 e. The Morgan fingerprint density at radius 2 is 2.12 bits per heavy atom. The molecule has 88 valence electrons. The summed E-state index contributed by atoms with van der Waals surface area (Å²) in [6, 6.07) is 2.59. The van der Waals surface area contributed by atoms with Crippen LogP contribution in [0.1, 0.15) is 17.0 Å². The number of halogens is 4. The number of nitriles is 1. The lowest BCUT2D eigenvalue weighted by Crippen LogP contribution is -2.07. The van der Waals surface area contributed by atoms with Crippen molar-refractivity contribution in [3.8, 4) is 6.07 Å². The number of imidazole rings is 1. The van der Waals surface area contributed by atoms with Gasteiger partial charge >= 0.3 is 6.18 Å². The minimum Gasteiger partial charge on any atom is -0.289 e. The molecule has 0 saturated carbocycles. The number of nitrogens with zero attached hydrogens (tertiary/aromatic N) is 3. The van der Waals surface area contributed by atoms with E-state index >= 15 is 0 Å². The highest BCUT2D eigenvalue weighted by Crippen LogP contribution is 2.32. The van der Waals surface area contributed by atoms with Crippen LogP contribution in [0.3, 0.4) is 0 Å². The van der Waals surface area contributed by atoms with Crippen LogP contribution in [0.15, 0.2) is 12.3 Å². The SMILES string of the molecule is Cc1nc2c(Cl)cc(C(F)(F)F)cn2c1C#N. The summed E-state index contributed by atoms with van der Waals surface area (Å²) in [5, 5.41) is 8.72. The zero-order valence-corrected chi connectivity index (χ0v) is 9.26. The zero-order valence-electron chi connectivity index (χ0n) is 8.51. The van der Waals surface area contributed by atoms with E-state index in [4.69, 9.17) is 16.9 Å². The summed E-state index contributed by atoms with van der Waals surface area (Å²) < 4.78 is 38.7. The van der Waals surface area contributed by atoms with Crippen LogP contribution < -0.4 is 0 Å². The molecular formula is C10H5ClF3N3. The molecule has 0 bridgehead atoms. The Kier molecular flexibility index (Phi) is 2.51. The van der Waals surface area contributed by atoms with E-state index in [1.54, 1.807) is 6.07 Å². The van der Waals surface area contributed by atoms with Crippen LogP contribution in [0.4, 0.5) is 13.2 Å². The molecule has 0 radical (unpaired) electrons. The normalized spacial score (nSPS) is 11.8. The van der Waals surface area contributed by atoms with Gasteiger partial charge in [0.15, 0.2) is 5.65 Å². The minimum atomic E-state index is -4.51. The van der Waals surface area contributed by atoms with Crippen molar-refractivity contribution in [1.82, 2.24) is 9.38 Å². The first kappa shape index (κ1) is 11.7. The lowest BCUT2D eigenvalue weighted by Gasteiger charge is -2.08. The van der Waals surface area contributed by atoms with Gasteiger partial charge in [-0.25, -0.2) is 4.98 Å². The van der Waals surface area contributed by atoms with E-state index in [0.717, 1.165) is 16.7 Å². The maximum atomic E-state index is 12.6. The van der Waals surface area contributed by atoms with Gasteiger partial charge in [0.05, 0.1) is 16.3 Å². The second-order valence-electron chi connectivity index (χ2n) is 3.43. The molecule has 2 rings (SSSR count). The van der Waals surface area contributed by atoms with Gasteiger partial charge in [0.2, 0.25) is 0 Å². The summed E-state index contributed by atoms with van der Waals surface area (Å²) in [4.78, 5) is 3.95. The molecule has 0 aromatic carbocycles. The van der Waals surface area contributed by atoms with E-state index < -0.39 is 11.7 Å². The van der Waals surface area contributed by atoms with Gasteiger partial charge in [0, 0.05) is 6.20 Å². The summed E-state index contributed by atoms with van der Waals surface area (Å²) in [6.07, 6.45) is -3.69. The highest BCUT2D eigenvalue weighted by molar-refractivity contribution is 6.33. The average Bonchev–Trinajstić information content (AvgIpc) is 2.53. The van der Waals surface area contributed by atoms with Gasteiger partial charge in [0.25, 0.3) is 0 Å². The van der Waals surface area contributed by atoms with Crippen LogP contribution in [0.25, 0.3) is 5.65 Å². The molecule has 0 unspecified atom stereocenters. The van der Waals surface area contributed by atoms with Gasteiger partial charge < -0.3 is 0 Å². The fraction of sp³-hybridized carbons (Fsp3) is 0.200. The van der Waals surface area contributed by atoms with E-state index in [2.05, 4.69) is 4.98 Å². The van der Waals surface area contributed by atoms with Crippen molar-refractivity contribution >= 4 is 17.2 Å². The average molecular weight is 260 g/mol. The first-order valence-electron chi connectivity index (χ1n) is 4.50. The minimum absolute atomic E-state index is 0.0491. The third kappa shape index (κ3) is 1.83. The van der Waals surface area contributed by atoms with E-state index in [0.29, 0.717) is 5.69 Å². The van der Waals surface area contributed by atoms with Crippen molar-refractivity contribution in [2.24, 2.45) is 0 Å². The number of aromatic nitrogens is 2. The molecule has 0 amide bonds. The van der Waals surface area contributed by atoms with E-state index in [-0.39, 0.29) is 16.4 Å². The number of hydrogen-bond donors (Lipinski definition) is 0. The monoisotopic (exact) mass is 259 g/mol. The van der Waals surface area contributed by atoms with Crippen LogP contribution in [-0.2, 0) is 6.18 Å². The second-order valence-corrected chi connectivity index (χ2v) is 3.83. The molecule has 7 heteroatoms. The van der Waals surface area contributed by atoms with Gasteiger partial charge in [-0.05, 0) is 13.0 Å². The van der Waals surface area contributed by atoms with Crippen LogP contribution in [0, 0.1) is 18.3 Å². The van der Waals surface area contributed by atoms with Gasteiger partial charge in [-0.15, -0.1) is 0 Å². The molecule has 3 nitrogen and oxygen atoms in total. The molecule has 0 spiro atoms. The number of aryl methyl sites for hydroxylation is 1. The summed E-state index contributed by atoms with van der Waals surface area (Å²) in [6.45, 7) is 1.54. The van der Waals surface area contributed by atoms with Crippen molar-refractivity contribution in [2.75, 3.05) is 0 Å². The topological polar surface area (TPSA) is 41.1 Å². The maximum absolute atomic E-state index is 12.6. The molecule has 0 aliphatic carbocycles. The maximum Gasteiger partial charge on any atom is 0.417 e. The number of pyridine rings is 1. The Labute approximate surface area is 99.1 Å². The summed E-state index contributed by atoms with van der Waals surface area (Å²) in [5.74, 6) is 0. The first-order valence-corrected chi connectivity index (χ1v) is 4.88. The number of rotatable bonds is 0. The van der Waals surface area contributed by atoms with Gasteiger partial charge in [-0.3, -0.25) is 4.40 Å². The Balaban J connectivity index is 2.85. The third-order valence-electron chi connectivity index (χ3n) is 2.28. The number of fused-ring (bicyclic) bond motifs is 1. The zero-order chi connectivity index (χ0) is 12.8. The van der Waals surface area contributed by atoms with E-state index in [1.165, 1.54) is 6.92 Å². The predicted octanol–water partition coefficient (Wildman–Crippen LogP) is 3.19.